The van der Waals surface area contributed by atoms with Crippen molar-refractivity contribution in [3.63, 3.8) is 0 Å². The summed E-state index contributed by atoms with van der Waals surface area (Å²) in [4.78, 5) is 2.72. The molecule has 0 amide bonds. The van der Waals surface area contributed by atoms with E-state index in [1.54, 1.807) is 0 Å². The van der Waals surface area contributed by atoms with Crippen LogP contribution >= 0.6 is 0 Å². The van der Waals surface area contributed by atoms with E-state index in [1.165, 1.54) is 64.6 Å². The van der Waals surface area contributed by atoms with Crippen LogP contribution in [0, 0.1) is 16.7 Å². The molecule has 0 bridgehead atoms. The first kappa shape index (κ1) is 15.3. The zero-order valence-electron chi connectivity index (χ0n) is 13.4. The number of likely N-dealkylation sites (tertiary alicyclic amines) is 1. The molecular weight excluding hydrogens is 232 g/mol. The van der Waals surface area contributed by atoms with Gasteiger partial charge in [-0.3, -0.25) is 0 Å². The molecule has 2 fully saturated rings. The van der Waals surface area contributed by atoms with E-state index in [0.29, 0.717) is 10.8 Å². The van der Waals surface area contributed by atoms with Gasteiger partial charge in [0.2, 0.25) is 0 Å². The fraction of sp³-hybridized carbons (Fsp3) is 1.00. The molecule has 1 saturated carbocycles. The van der Waals surface area contributed by atoms with Gasteiger partial charge in [-0.1, -0.05) is 33.6 Å². The molecule has 1 saturated heterocycles. The number of nitrogens with two attached hydrogens (primary N) is 1. The Bertz CT molecular complexity index is 287. The summed E-state index contributed by atoms with van der Waals surface area (Å²) in [6, 6.07) is 0. The fourth-order valence-electron chi connectivity index (χ4n) is 4.27. The van der Waals surface area contributed by atoms with Crippen molar-refractivity contribution >= 4 is 0 Å². The lowest BCUT2D eigenvalue weighted by molar-refractivity contribution is 0.0884. The number of rotatable bonds is 3. The monoisotopic (exact) mass is 266 g/mol. The van der Waals surface area contributed by atoms with Crippen LogP contribution in [0.25, 0.3) is 0 Å². The third-order valence-electron chi connectivity index (χ3n) is 5.61. The predicted octanol–water partition coefficient (Wildman–Crippen LogP) is 3.65. The summed E-state index contributed by atoms with van der Waals surface area (Å²) in [7, 11) is 0. The van der Waals surface area contributed by atoms with E-state index in [4.69, 9.17) is 5.73 Å². The van der Waals surface area contributed by atoms with Crippen molar-refractivity contribution < 1.29 is 0 Å². The maximum absolute atomic E-state index is 6.18. The maximum atomic E-state index is 6.18. The molecule has 1 aliphatic carbocycles. The molecule has 2 heteroatoms. The highest BCUT2D eigenvalue weighted by atomic mass is 15.1. The topological polar surface area (TPSA) is 29.3 Å². The van der Waals surface area contributed by atoms with Gasteiger partial charge in [0.15, 0.2) is 0 Å². The second-order valence-corrected chi connectivity index (χ2v) is 8.20. The predicted molar refractivity (Wildman–Crippen MR) is 83.2 cm³/mol. The molecule has 0 aromatic heterocycles. The lowest BCUT2D eigenvalue weighted by Gasteiger charge is -2.42. The van der Waals surface area contributed by atoms with Crippen LogP contribution in [-0.2, 0) is 0 Å². The van der Waals surface area contributed by atoms with Crippen LogP contribution in [0.2, 0.25) is 0 Å². The number of hydrogen-bond acceptors (Lipinski definition) is 2. The van der Waals surface area contributed by atoms with Gasteiger partial charge in [0.1, 0.15) is 0 Å². The summed E-state index contributed by atoms with van der Waals surface area (Å²) in [5.41, 5.74) is 7.15. The molecule has 1 aliphatic heterocycles. The Morgan fingerprint density at radius 2 is 1.89 bits per heavy atom. The first-order chi connectivity index (χ1) is 8.95. The molecule has 0 radical (unpaired) electrons. The molecule has 0 aromatic rings. The first-order valence-corrected chi connectivity index (χ1v) is 8.37. The summed E-state index contributed by atoms with van der Waals surface area (Å²) >= 11 is 0. The highest BCUT2D eigenvalue weighted by Crippen LogP contribution is 2.40. The Morgan fingerprint density at radius 3 is 2.58 bits per heavy atom. The van der Waals surface area contributed by atoms with E-state index in [1.807, 2.05) is 0 Å². The highest BCUT2D eigenvalue weighted by molar-refractivity contribution is 4.90. The summed E-state index contributed by atoms with van der Waals surface area (Å²) in [6.45, 7) is 12.0. The average molecular weight is 266 g/mol. The van der Waals surface area contributed by atoms with E-state index >= 15 is 0 Å². The molecular formula is C17H34N2. The van der Waals surface area contributed by atoms with Gasteiger partial charge in [0.05, 0.1) is 0 Å². The quantitative estimate of drug-likeness (QED) is 0.845. The van der Waals surface area contributed by atoms with E-state index in [9.17, 15) is 0 Å². The normalized spacial score (nSPS) is 36.9. The van der Waals surface area contributed by atoms with Crippen molar-refractivity contribution in [2.24, 2.45) is 22.5 Å². The van der Waals surface area contributed by atoms with Crippen LogP contribution in [0.1, 0.15) is 65.7 Å². The standard InChI is InChI=1S/C17H34N2/c1-15-6-4-8-17(12-15,13-18)14-19-10-5-7-16(2,3)9-11-19/h15H,4-14,18H2,1-3H3. The smallest absolute Gasteiger partial charge is 0.00502 e. The molecule has 2 N–H and O–H groups in total. The first-order valence-electron chi connectivity index (χ1n) is 8.37. The van der Waals surface area contributed by atoms with Crippen molar-refractivity contribution in [1.29, 1.82) is 0 Å². The van der Waals surface area contributed by atoms with Gasteiger partial charge in [-0.25, -0.2) is 0 Å². The van der Waals surface area contributed by atoms with Gasteiger partial charge in [-0.05, 0) is 68.5 Å². The van der Waals surface area contributed by atoms with E-state index < -0.39 is 0 Å². The van der Waals surface area contributed by atoms with E-state index in [0.717, 1.165) is 12.5 Å². The molecule has 0 aromatic carbocycles. The number of hydrogen-bond donors (Lipinski definition) is 1. The van der Waals surface area contributed by atoms with Gasteiger partial charge >= 0.3 is 0 Å². The van der Waals surface area contributed by atoms with Gasteiger partial charge in [0, 0.05) is 6.54 Å². The highest BCUT2D eigenvalue weighted by Gasteiger charge is 2.36. The molecule has 112 valence electrons. The lowest BCUT2D eigenvalue weighted by atomic mass is 9.69. The Labute approximate surface area is 120 Å². The zero-order valence-corrected chi connectivity index (χ0v) is 13.4. The van der Waals surface area contributed by atoms with Crippen molar-refractivity contribution in [1.82, 2.24) is 4.90 Å². The van der Waals surface area contributed by atoms with Crippen LogP contribution in [0.3, 0.4) is 0 Å². The minimum absolute atomic E-state index is 0.423. The minimum atomic E-state index is 0.423. The van der Waals surface area contributed by atoms with Crippen LogP contribution in [0.4, 0.5) is 0 Å². The Morgan fingerprint density at radius 1 is 1.11 bits per heavy atom. The Balaban J connectivity index is 1.94. The van der Waals surface area contributed by atoms with Crippen molar-refractivity contribution in [3.8, 4) is 0 Å². The largest absolute Gasteiger partial charge is 0.330 e. The Hall–Kier alpha value is -0.0800. The third-order valence-corrected chi connectivity index (χ3v) is 5.61. The number of nitrogens with zero attached hydrogens (tertiary/aromatic N) is 1. The summed E-state index contributed by atoms with van der Waals surface area (Å²) in [5.74, 6) is 0.876. The molecule has 1 heterocycles. The second kappa shape index (κ2) is 6.13. The van der Waals surface area contributed by atoms with Crippen molar-refractivity contribution in [2.75, 3.05) is 26.2 Å². The lowest BCUT2D eigenvalue weighted by Crippen LogP contribution is -2.45. The third kappa shape index (κ3) is 4.19. The van der Waals surface area contributed by atoms with E-state index in [2.05, 4.69) is 25.7 Å². The minimum Gasteiger partial charge on any atom is -0.330 e. The van der Waals surface area contributed by atoms with Crippen LogP contribution < -0.4 is 5.73 Å². The van der Waals surface area contributed by atoms with E-state index in [-0.39, 0.29) is 0 Å². The summed E-state index contributed by atoms with van der Waals surface area (Å²) < 4.78 is 0. The van der Waals surface area contributed by atoms with Crippen LogP contribution in [0.15, 0.2) is 0 Å². The molecule has 19 heavy (non-hydrogen) atoms. The van der Waals surface area contributed by atoms with Gasteiger partial charge < -0.3 is 10.6 Å². The van der Waals surface area contributed by atoms with Gasteiger partial charge in [0.25, 0.3) is 0 Å². The maximum Gasteiger partial charge on any atom is 0.00502 e. The van der Waals surface area contributed by atoms with Crippen LogP contribution in [-0.4, -0.2) is 31.1 Å². The average Bonchev–Trinajstić information content (AvgIpc) is 2.51. The van der Waals surface area contributed by atoms with Gasteiger partial charge in [-0.15, -0.1) is 0 Å². The van der Waals surface area contributed by atoms with Crippen LogP contribution in [0.5, 0.6) is 0 Å². The second-order valence-electron chi connectivity index (χ2n) is 8.20. The molecule has 2 aliphatic rings. The molecule has 2 rings (SSSR count). The fourth-order valence-corrected chi connectivity index (χ4v) is 4.27. The molecule has 0 spiro atoms. The SMILES string of the molecule is CC1CCCC(CN)(CN2CCCC(C)(C)CC2)C1. The zero-order chi connectivity index (χ0) is 13.9. The summed E-state index contributed by atoms with van der Waals surface area (Å²) in [6.07, 6.45) is 9.60. The Kier molecular flexibility index (Phi) is 4.94. The summed E-state index contributed by atoms with van der Waals surface area (Å²) in [5, 5.41) is 0. The van der Waals surface area contributed by atoms with Gasteiger partial charge in [-0.2, -0.15) is 0 Å². The van der Waals surface area contributed by atoms with Crippen molar-refractivity contribution in [3.05, 3.63) is 0 Å². The molecule has 2 nitrogen and oxygen atoms in total. The molecule has 2 unspecified atom stereocenters. The van der Waals surface area contributed by atoms with Crippen molar-refractivity contribution in [2.45, 2.75) is 65.7 Å². The molecule has 2 atom stereocenters.